The van der Waals surface area contributed by atoms with Crippen molar-refractivity contribution in [1.29, 1.82) is 5.41 Å². The van der Waals surface area contributed by atoms with Crippen molar-refractivity contribution in [3.8, 4) is 0 Å². The van der Waals surface area contributed by atoms with E-state index in [9.17, 15) is 13.2 Å². The molecule has 0 radical (unpaired) electrons. The Balaban J connectivity index is 4.62. The predicted octanol–water partition coefficient (Wildman–Crippen LogP) is 2.70. The quantitative estimate of drug-likeness (QED) is 0.478. The fourth-order valence-corrected chi connectivity index (χ4v) is 0.528. The third-order valence-electron chi connectivity index (χ3n) is 1.10. The first-order valence-electron chi connectivity index (χ1n) is 2.88. The molecule has 1 N–H and O–H groups in total. The van der Waals surface area contributed by atoms with E-state index in [-0.39, 0.29) is 5.57 Å². The Morgan fingerprint density at radius 1 is 1.45 bits per heavy atom. The Hall–Kier alpha value is -1.06. The Morgan fingerprint density at radius 3 is 2.00 bits per heavy atom. The zero-order valence-electron chi connectivity index (χ0n) is 6.00. The van der Waals surface area contributed by atoms with E-state index in [0.29, 0.717) is 0 Å². The first kappa shape index (κ1) is 9.94. The minimum atomic E-state index is -4.57. The molecule has 0 unspecified atom stereocenters. The molecule has 0 aromatic rings. The highest BCUT2D eigenvalue weighted by Crippen LogP contribution is 2.21. The summed E-state index contributed by atoms with van der Waals surface area (Å²) in [6, 6.07) is 0. The van der Waals surface area contributed by atoms with Crippen LogP contribution in [0.5, 0.6) is 0 Å². The predicted molar refractivity (Wildman–Crippen MR) is 37.7 cm³/mol. The van der Waals surface area contributed by atoms with Crippen LogP contribution >= 0.6 is 0 Å². The number of alkyl halides is 3. The van der Waals surface area contributed by atoms with Gasteiger partial charge in [0.25, 0.3) is 0 Å². The topological polar surface area (TPSA) is 23.9 Å². The van der Waals surface area contributed by atoms with Crippen molar-refractivity contribution in [2.75, 3.05) is 0 Å². The Morgan fingerprint density at radius 2 is 1.91 bits per heavy atom. The minimum Gasteiger partial charge on any atom is -0.296 e. The lowest BCUT2D eigenvalue weighted by molar-refractivity contribution is -0.0588. The van der Waals surface area contributed by atoms with Gasteiger partial charge in [0, 0.05) is 0 Å². The third kappa shape index (κ3) is 2.57. The second-order valence-electron chi connectivity index (χ2n) is 1.82. The van der Waals surface area contributed by atoms with Crippen molar-refractivity contribution in [3.63, 3.8) is 0 Å². The average Bonchev–Trinajstić information content (AvgIpc) is 1.88. The highest BCUT2D eigenvalue weighted by atomic mass is 19.4. The first-order valence-corrected chi connectivity index (χ1v) is 2.88. The van der Waals surface area contributed by atoms with Gasteiger partial charge in [0.2, 0.25) is 0 Å². The number of rotatable bonds is 2. The maximum Gasteiger partial charge on any atom is 0.433 e. The fourth-order valence-electron chi connectivity index (χ4n) is 0.528. The molecule has 0 bridgehead atoms. The molecule has 0 aliphatic rings. The van der Waals surface area contributed by atoms with Gasteiger partial charge in [-0.2, -0.15) is 13.2 Å². The van der Waals surface area contributed by atoms with Gasteiger partial charge in [-0.15, -0.1) is 0 Å². The molecule has 0 heterocycles. The zero-order valence-corrected chi connectivity index (χ0v) is 6.00. The lowest BCUT2D eigenvalue weighted by atomic mass is 10.1. The monoisotopic (exact) mass is 163 g/mol. The molecule has 0 atom stereocenters. The summed E-state index contributed by atoms with van der Waals surface area (Å²) in [4.78, 5) is 0. The van der Waals surface area contributed by atoms with Crippen LogP contribution in [-0.2, 0) is 0 Å². The van der Waals surface area contributed by atoms with Crippen molar-refractivity contribution < 1.29 is 13.2 Å². The molecular weight excluding hydrogens is 155 g/mol. The van der Waals surface area contributed by atoms with Crippen LogP contribution in [0.1, 0.15) is 6.92 Å². The lowest BCUT2D eigenvalue weighted by Crippen LogP contribution is -2.22. The third-order valence-corrected chi connectivity index (χ3v) is 1.10. The van der Waals surface area contributed by atoms with Gasteiger partial charge in [0.05, 0.1) is 0 Å². The molecule has 1 nitrogen and oxygen atoms in total. The van der Waals surface area contributed by atoms with Crippen LogP contribution in [-0.4, -0.2) is 11.9 Å². The highest BCUT2D eigenvalue weighted by molar-refractivity contribution is 6.03. The van der Waals surface area contributed by atoms with Gasteiger partial charge in [0.1, 0.15) is 5.71 Å². The summed E-state index contributed by atoms with van der Waals surface area (Å²) in [5.41, 5.74) is -1.55. The molecule has 0 saturated carbocycles. The summed E-state index contributed by atoms with van der Waals surface area (Å²) in [6.45, 7) is 4.59. The Bertz CT molecular complexity index is 200. The molecule has 4 heteroatoms. The SMILES string of the molecule is C=C/C(=C/C)C(=N)C(F)(F)F. The molecule has 0 amide bonds. The van der Waals surface area contributed by atoms with E-state index in [2.05, 4.69) is 6.58 Å². The van der Waals surface area contributed by atoms with Crippen LogP contribution < -0.4 is 0 Å². The van der Waals surface area contributed by atoms with E-state index in [1.807, 2.05) is 0 Å². The van der Waals surface area contributed by atoms with Crippen LogP contribution in [0.15, 0.2) is 24.3 Å². The largest absolute Gasteiger partial charge is 0.433 e. The van der Waals surface area contributed by atoms with Gasteiger partial charge in [-0.1, -0.05) is 18.7 Å². The summed E-state index contributed by atoms with van der Waals surface area (Å²) in [6.07, 6.45) is -2.37. The summed E-state index contributed by atoms with van der Waals surface area (Å²) in [5.74, 6) is 0. The molecule has 0 spiro atoms. The fraction of sp³-hybridized carbons (Fsp3) is 0.286. The molecule has 0 fully saturated rings. The molecule has 11 heavy (non-hydrogen) atoms. The van der Waals surface area contributed by atoms with Crippen LogP contribution in [0.25, 0.3) is 0 Å². The van der Waals surface area contributed by atoms with Crippen molar-refractivity contribution in [1.82, 2.24) is 0 Å². The van der Waals surface area contributed by atoms with Crippen LogP contribution in [0, 0.1) is 5.41 Å². The van der Waals surface area contributed by atoms with E-state index in [1.54, 1.807) is 0 Å². The number of allylic oxidation sites excluding steroid dienone is 3. The molecular formula is C7H8F3N. The summed E-state index contributed by atoms with van der Waals surface area (Å²) >= 11 is 0. The highest BCUT2D eigenvalue weighted by Gasteiger charge is 2.35. The van der Waals surface area contributed by atoms with Gasteiger partial charge in [0.15, 0.2) is 0 Å². The van der Waals surface area contributed by atoms with Crippen LogP contribution in [0.3, 0.4) is 0 Å². The van der Waals surface area contributed by atoms with Gasteiger partial charge >= 0.3 is 6.18 Å². The maximum atomic E-state index is 11.8. The second kappa shape index (κ2) is 3.37. The maximum absolute atomic E-state index is 11.8. The second-order valence-corrected chi connectivity index (χ2v) is 1.82. The van der Waals surface area contributed by atoms with E-state index in [1.165, 1.54) is 13.0 Å². The number of nitrogens with one attached hydrogen (secondary N) is 1. The average molecular weight is 163 g/mol. The minimum absolute atomic E-state index is 0.197. The molecule has 0 rings (SSSR count). The van der Waals surface area contributed by atoms with E-state index in [4.69, 9.17) is 5.41 Å². The smallest absolute Gasteiger partial charge is 0.296 e. The van der Waals surface area contributed by atoms with Gasteiger partial charge in [-0.25, -0.2) is 0 Å². The Labute approximate surface area is 62.7 Å². The van der Waals surface area contributed by atoms with Crippen molar-refractivity contribution in [2.45, 2.75) is 13.1 Å². The van der Waals surface area contributed by atoms with Crippen molar-refractivity contribution in [2.24, 2.45) is 0 Å². The normalized spacial score (nSPS) is 12.9. The molecule has 0 aromatic heterocycles. The van der Waals surface area contributed by atoms with Crippen LogP contribution in [0.2, 0.25) is 0 Å². The number of hydrogen-bond acceptors (Lipinski definition) is 1. The first-order chi connectivity index (χ1) is 4.93. The van der Waals surface area contributed by atoms with E-state index >= 15 is 0 Å². The van der Waals surface area contributed by atoms with Gasteiger partial charge < -0.3 is 0 Å². The molecule has 0 saturated heterocycles. The molecule has 0 aliphatic heterocycles. The molecule has 0 aromatic carbocycles. The van der Waals surface area contributed by atoms with Crippen LogP contribution in [0.4, 0.5) is 13.2 Å². The lowest BCUT2D eigenvalue weighted by Gasteiger charge is -2.07. The zero-order chi connectivity index (χ0) is 9.07. The van der Waals surface area contributed by atoms with Gasteiger partial charge in [-0.3, -0.25) is 5.41 Å². The standard InChI is InChI=1S/C7H8F3N/c1-3-5(4-2)6(11)7(8,9)10/h3-4,11H,1H2,2H3/b5-4-,11-6?. The van der Waals surface area contributed by atoms with Gasteiger partial charge in [-0.05, 0) is 12.5 Å². The molecule has 0 aliphatic carbocycles. The summed E-state index contributed by atoms with van der Waals surface area (Å²) in [7, 11) is 0. The molecule has 62 valence electrons. The summed E-state index contributed by atoms with van der Waals surface area (Å²) in [5, 5.41) is 6.63. The van der Waals surface area contributed by atoms with E-state index in [0.717, 1.165) is 6.08 Å². The Kier molecular flexibility index (Phi) is 3.04. The number of halogens is 3. The summed E-state index contributed by atoms with van der Waals surface area (Å²) < 4.78 is 35.3. The van der Waals surface area contributed by atoms with Crippen molar-refractivity contribution >= 4 is 5.71 Å². The number of hydrogen-bond donors (Lipinski definition) is 1. The van der Waals surface area contributed by atoms with Crippen molar-refractivity contribution in [3.05, 3.63) is 24.3 Å². The van der Waals surface area contributed by atoms with E-state index < -0.39 is 11.9 Å².